The lowest BCUT2D eigenvalue weighted by Gasteiger charge is -2.03. The molecule has 17 heavy (non-hydrogen) atoms. The number of amides is 1. The Balaban J connectivity index is 1.85. The van der Waals surface area contributed by atoms with Gasteiger partial charge < -0.3 is 5.32 Å². The molecule has 0 aliphatic rings. The maximum atomic E-state index is 11.7. The predicted molar refractivity (Wildman–Crippen MR) is 64.4 cm³/mol. The fourth-order valence-corrected chi connectivity index (χ4v) is 1.61. The van der Waals surface area contributed by atoms with Crippen molar-refractivity contribution in [1.29, 1.82) is 0 Å². The van der Waals surface area contributed by atoms with Crippen molar-refractivity contribution in [2.45, 2.75) is 6.42 Å². The quantitative estimate of drug-likeness (QED) is 0.822. The van der Waals surface area contributed by atoms with E-state index in [1.807, 2.05) is 0 Å². The number of carbonyl (C=O) groups is 1. The van der Waals surface area contributed by atoms with Gasteiger partial charge in [0.15, 0.2) is 0 Å². The summed E-state index contributed by atoms with van der Waals surface area (Å²) < 4.78 is 0.639. The first kappa shape index (κ1) is 11.7. The summed E-state index contributed by atoms with van der Waals surface area (Å²) in [5, 5.41) is 9.20. The van der Waals surface area contributed by atoms with Crippen LogP contribution in [0.1, 0.15) is 16.3 Å². The molecule has 0 bridgehead atoms. The van der Waals surface area contributed by atoms with Gasteiger partial charge in [0.1, 0.15) is 22.4 Å². The molecule has 0 fully saturated rings. The van der Waals surface area contributed by atoms with E-state index < -0.39 is 0 Å². The Bertz CT molecular complexity index is 499. The number of nitrogens with one attached hydrogen (secondary N) is 2. The van der Waals surface area contributed by atoms with Crippen LogP contribution < -0.4 is 5.32 Å². The van der Waals surface area contributed by atoms with Gasteiger partial charge in [0.05, 0.1) is 0 Å². The summed E-state index contributed by atoms with van der Waals surface area (Å²) in [5.41, 5.74) is 0.386. The Hall–Kier alpha value is -1.76. The van der Waals surface area contributed by atoms with Crippen LogP contribution in [0.3, 0.4) is 0 Å². The third kappa shape index (κ3) is 3.35. The number of pyridine rings is 1. The monoisotopic (exact) mass is 295 g/mol. The number of H-pyrrole nitrogens is 1. The normalized spacial score (nSPS) is 10.2. The minimum absolute atomic E-state index is 0.203. The third-order valence-electron chi connectivity index (χ3n) is 2.06. The molecule has 0 saturated heterocycles. The Kier molecular flexibility index (Phi) is 3.81. The van der Waals surface area contributed by atoms with Gasteiger partial charge in [-0.15, -0.1) is 0 Å². The average molecular weight is 296 g/mol. The molecule has 0 saturated carbocycles. The molecule has 0 atom stereocenters. The van der Waals surface area contributed by atoms with Gasteiger partial charge in [-0.05, 0) is 28.1 Å². The molecular formula is C10H10BrN5O. The first-order chi connectivity index (χ1) is 8.25. The van der Waals surface area contributed by atoms with Crippen molar-refractivity contribution in [1.82, 2.24) is 25.5 Å². The van der Waals surface area contributed by atoms with Crippen LogP contribution in [0.2, 0.25) is 0 Å². The van der Waals surface area contributed by atoms with E-state index in [0.29, 0.717) is 23.3 Å². The van der Waals surface area contributed by atoms with Gasteiger partial charge in [0.2, 0.25) is 0 Å². The molecule has 0 aliphatic heterocycles. The smallest absolute Gasteiger partial charge is 0.269 e. The van der Waals surface area contributed by atoms with Crippen molar-refractivity contribution >= 4 is 21.8 Å². The summed E-state index contributed by atoms with van der Waals surface area (Å²) in [6.45, 7) is 0.488. The molecule has 2 aromatic heterocycles. The van der Waals surface area contributed by atoms with E-state index in [0.717, 1.165) is 5.82 Å². The van der Waals surface area contributed by atoms with E-state index in [1.54, 1.807) is 18.2 Å². The number of nitrogens with zero attached hydrogens (tertiary/aromatic N) is 3. The lowest BCUT2D eigenvalue weighted by atomic mass is 10.3. The maximum absolute atomic E-state index is 11.7. The third-order valence-corrected chi connectivity index (χ3v) is 2.50. The Morgan fingerprint density at radius 2 is 2.35 bits per heavy atom. The van der Waals surface area contributed by atoms with Gasteiger partial charge in [0, 0.05) is 13.0 Å². The Morgan fingerprint density at radius 3 is 3.06 bits per heavy atom. The zero-order valence-corrected chi connectivity index (χ0v) is 10.4. The molecule has 88 valence electrons. The molecule has 2 heterocycles. The summed E-state index contributed by atoms with van der Waals surface area (Å²) in [5.74, 6) is 0.540. The van der Waals surface area contributed by atoms with E-state index in [4.69, 9.17) is 0 Å². The highest BCUT2D eigenvalue weighted by Crippen LogP contribution is 2.05. The van der Waals surface area contributed by atoms with Crippen molar-refractivity contribution in [3.8, 4) is 0 Å². The number of hydrogen-bond donors (Lipinski definition) is 2. The molecule has 0 unspecified atom stereocenters. The van der Waals surface area contributed by atoms with E-state index in [1.165, 1.54) is 6.33 Å². The van der Waals surface area contributed by atoms with Crippen LogP contribution in [0.5, 0.6) is 0 Å². The summed E-state index contributed by atoms with van der Waals surface area (Å²) in [7, 11) is 0. The van der Waals surface area contributed by atoms with Crippen molar-refractivity contribution < 1.29 is 4.79 Å². The number of rotatable bonds is 4. The average Bonchev–Trinajstić information content (AvgIpc) is 2.82. The van der Waals surface area contributed by atoms with Gasteiger partial charge in [-0.2, -0.15) is 5.10 Å². The number of halogens is 1. The molecule has 0 aliphatic carbocycles. The largest absolute Gasteiger partial charge is 0.350 e. The van der Waals surface area contributed by atoms with Gasteiger partial charge in [-0.25, -0.2) is 9.97 Å². The second kappa shape index (κ2) is 5.53. The zero-order valence-electron chi connectivity index (χ0n) is 8.85. The van der Waals surface area contributed by atoms with Crippen molar-refractivity contribution in [3.05, 3.63) is 40.6 Å². The fraction of sp³-hybridized carbons (Fsp3) is 0.200. The molecule has 0 aromatic carbocycles. The van der Waals surface area contributed by atoms with Crippen LogP contribution in [-0.2, 0) is 6.42 Å². The van der Waals surface area contributed by atoms with Crippen molar-refractivity contribution in [3.63, 3.8) is 0 Å². The van der Waals surface area contributed by atoms with Gasteiger partial charge in [0.25, 0.3) is 5.91 Å². The molecule has 2 aromatic rings. The molecule has 6 nitrogen and oxygen atoms in total. The summed E-state index contributed by atoms with van der Waals surface area (Å²) in [4.78, 5) is 19.7. The van der Waals surface area contributed by atoms with Crippen LogP contribution >= 0.6 is 15.9 Å². The lowest BCUT2D eigenvalue weighted by Crippen LogP contribution is -2.26. The molecular weight excluding hydrogens is 286 g/mol. The number of carbonyl (C=O) groups excluding carboxylic acids is 1. The standard InChI is InChI=1S/C10H10BrN5O/c11-8-3-1-2-7(15-8)10(17)12-5-4-9-13-6-14-16-9/h1-3,6H,4-5H2,(H,12,17)(H,13,14,16). The molecule has 0 radical (unpaired) electrons. The highest BCUT2D eigenvalue weighted by molar-refractivity contribution is 9.10. The summed E-state index contributed by atoms with van der Waals surface area (Å²) in [6.07, 6.45) is 2.05. The fourth-order valence-electron chi connectivity index (χ4n) is 1.27. The van der Waals surface area contributed by atoms with Crippen LogP contribution in [0.15, 0.2) is 29.1 Å². The first-order valence-electron chi connectivity index (χ1n) is 5.01. The summed E-state index contributed by atoms with van der Waals surface area (Å²) in [6, 6.07) is 5.20. The topological polar surface area (TPSA) is 83.6 Å². The van der Waals surface area contributed by atoms with Gasteiger partial charge in [-0.1, -0.05) is 6.07 Å². The highest BCUT2D eigenvalue weighted by atomic mass is 79.9. The van der Waals surface area contributed by atoms with Crippen LogP contribution in [-0.4, -0.2) is 32.6 Å². The van der Waals surface area contributed by atoms with Gasteiger partial charge >= 0.3 is 0 Å². The van der Waals surface area contributed by atoms with E-state index >= 15 is 0 Å². The molecule has 2 rings (SSSR count). The Labute approximate surface area is 106 Å². The molecule has 2 N–H and O–H groups in total. The molecule has 1 amide bonds. The SMILES string of the molecule is O=C(NCCc1ncn[nH]1)c1cccc(Br)n1. The Morgan fingerprint density at radius 1 is 1.47 bits per heavy atom. The van der Waals surface area contributed by atoms with Gasteiger partial charge in [-0.3, -0.25) is 9.89 Å². The lowest BCUT2D eigenvalue weighted by molar-refractivity contribution is 0.0949. The second-order valence-corrected chi connectivity index (χ2v) is 4.10. The van der Waals surface area contributed by atoms with E-state index in [2.05, 4.69) is 41.4 Å². The minimum atomic E-state index is -0.203. The number of aromatic amines is 1. The highest BCUT2D eigenvalue weighted by Gasteiger charge is 2.06. The summed E-state index contributed by atoms with van der Waals surface area (Å²) >= 11 is 3.22. The predicted octanol–water partition coefficient (Wildman–Crippen LogP) is 0.935. The van der Waals surface area contributed by atoms with Crippen molar-refractivity contribution in [2.24, 2.45) is 0 Å². The van der Waals surface area contributed by atoms with Crippen molar-refractivity contribution in [2.75, 3.05) is 6.54 Å². The first-order valence-corrected chi connectivity index (χ1v) is 5.80. The minimum Gasteiger partial charge on any atom is -0.350 e. The second-order valence-electron chi connectivity index (χ2n) is 3.28. The number of hydrogen-bond acceptors (Lipinski definition) is 4. The number of aromatic nitrogens is 4. The molecule has 0 spiro atoms. The maximum Gasteiger partial charge on any atom is 0.269 e. The van der Waals surface area contributed by atoms with Crippen LogP contribution in [0, 0.1) is 0 Å². The zero-order chi connectivity index (χ0) is 12.1. The van der Waals surface area contributed by atoms with E-state index in [-0.39, 0.29) is 5.91 Å². The molecule has 7 heteroatoms. The van der Waals surface area contributed by atoms with Crippen LogP contribution in [0.4, 0.5) is 0 Å². The van der Waals surface area contributed by atoms with E-state index in [9.17, 15) is 4.79 Å². The van der Waals surface area contributed by atoms with Crippen LogP contribution in [0.25, 0.3) is 0 Å².